The molecule has 0 spiro atoms. The molecule has 0 aliphatic heterocycles. The Morgan fingerprint density at radius 3 is 2.50 bits per heavy atom. The summed E-state index contributed by atoms with van der Waals surface area (Å²) >= 11 is 3.42. The molecular formula is C16H18BrNO2. The summed E-state index contributed by atoms with van der Waals surface area (Å²) in [5.41, 5.74) is 1.06. The fraction of sp³-hybridized carbons (Fsp3) is 0.250. The third-order valence-electron chi connectivity index (χ3n) is 2.66. The van der Waals surface area contributed by atoms with Crippen LogP contribution in [0.15, 0.2) is 53.0 Å². The van der Waals surface area contributed by atoms with E-state index in [1.165, 1.54) is 0 Å². The first-order valence-corrected chi connectivity index (χ1v) is 7.42. The van der Waals surface area contributed by atoms with E-state index in [1.807, 2.05) is 55.5 Å². The van der Waals surface area contributed by atoms with Crippen molar-refractivity contribution in [1.29, 1.82) is 0 Å². The minimum absolute atomic E-state index is 0.615. The van der Waals surface area contributed by atoms with Crippen molar-refractivity contribution in [2.75, 3.05) is 25.1 Å². The van der Waals surface area contributed by atoms with Crippen molar-refractivity contribution in [3.8, 4) is 11.5 Å². The number of ether oxygens (including phenoxy) is 2. The number of hydrogen-bond acceptors (Lipinski definition) is 3. The van der Waals surface area contributed by atoms with Gasteiger partial charge in [0.05, 0.1) is 6.61 Å². The van der Waals surface area contributed by atoms with Crippen LogP contribution in [0.3, 0.4) is 0 Å². The summed E-state index contributed by atoms with van der Waals surface area (Å²) in [7, 11) is 0. The molecule has 0 saturated heterocycles. The van der Waals surface area contributed by atoms with Crippen molar-refractivity contribution >= 4 is 21.6 Å². The molecule has 2 rings (SSSR count). The maximum absolute atomic E-state index is 5.65. The number of nitrogens with one attached hydrogen (secondary N) is 1. The predicted octanol–water partition coefficient (Wildman–Crippen LogP) is 4.34. The van der Waals surface area contributed by atoms with Gasteiger partial charge in [-0.05, 0) is 49.4 Å². The number of rotatable bonds is 7. The van der Waals surface area contributed by atoms with Gasteiger partial charge in [0.15, 0.2) is 0 Å². The molecule has 0 aliphatic carbocycles. The molecule has 2 aromatic rings. The summed E-state index contributed by atoms with van der Waals surface area (Å²) in [5, 5.41) is 3.31. The van der Waals surface area contributed by atoms with Gasteiger partial charge < -0.3 is 14.8 Å². The van der Waals surface area contributed by atoms with Gasteiger partial charge in [0.1, 0.15) is 18.1 Å². The molecule has 1 N–H and O–H groups in total. The number of benzene rings is 2. The molecule has 2 aromatic carbocycles. The molecule has 0 amide bonds. The summed E-state index contributed by atoms with van der Waals surface area (Å²) < 4.78 is 12.1. The Labute approximate surface area is 128 Å². The van der Waals surface area contributed by atoms with E-state index in [0.717, 1.165) is 28.2 Å². The Bertz CT molecular complexity index is 528. The molecule has 106 valence electrons. The van der Waals surface area contributed by atoms with E-state index in [2.05, 4.69) is 21.2 Å². The summed E-state index contributed by atoms with van der Waals surface area (Å²) in [6, 6.07) is 15.8. The molecular weight excluding hydrogens is 318 g/mol. The van der Waals surface area contributed by atoms with Crippen LogP contribution in [0.5, 0.6) is 11.5 Å². The maximum atomic E-state index is 5.65. The molecule has 0 radical (unpaired) electrons. The van der Waals surface area contributed by atoms with E-state index in [-0.39, 0.29) is 0 Å². The Balaban J connectivity index is 1.73. The van der Waals surface area contributed by atoms with Gasteiger partial charge in [0.2, 0.25) is 0 Å². The topological polar surface area (TPSA) is 30.5 Å². The minimum atomic E-state index is 0.615. The van der Waals surface area contributed by atoms with Gasteiger partial charge in [-0.1, -0.05) is 22.0 Å². The molecule has 0 fully saturated rings. The fourth-order valence-corrected chi connectivity index (χ4v) is 2.13. The second-order valence-corrected chi connectivity index (χ2v) is 5.11. The first-order valence-electron chi connectivity index (χ1n) is 6.63. The molecule has 0 heterocycles. The average Bonchev–Trinajstić information content (AvgIpc) is 2.46. The molecule has 0 bridgehead atoms. The molecule has 20 heavy (non-hydrogen) atoms. The molecule has 0 aromatic heterocycles. The van der Waals surface area contributed by atoms with Crippen LogP contribution in [0.1, 0.15) is 6.92 Å². The van der Waals surface area contributed by atoms with Crippen LogP contribution < -0.4 is 14.8 Å². The van der Waals surface area contributed by atoms with E-state index >= 15 is 0 Å². The molecule has 4 heteroatoms. The van der Waals surface area contributed by atoms with Crippen molar-refractivity contribution in [2.24, 2.45) is 0 Å². The highest BCUT2D eigenvalue weighted by Gasteiger charge is 1.96. The average molecular weight is 336 g/mol. The second kappa shape index (κ2) is 7.80. The molecule has 0 unspecified atom stereocenters. The smallest absolute Gasteiger partial charge is 0.120 e. The van der Waals surface area contributed by atoms with Crippen LogP contribution in [0.4, 0.5) is 5.69 Å². The van der Waals surface area contributed by atoms with E-state index in [1.54, 1.807) is 0 Å². The van der Waals surface area contributed by atoms with E-state index in [0.29, 0.717) is 13.2 Å². The summed E-state index contributed by atoms with van der Waals surface area (Å²) in [4.78, 5) is 0. The second-order valence-electron chi connectivity index (χ2n) is 4.19. The zero-order chi connectivity index (χ0) is 14.2. The number of halogens is 1. The summed E-state index contributed by atoms with van der Waals surface area (Å²) in [6.07, 6.45) is 0. The van der Waals surface area contributed by atoms with Crippen molar-refractivity contribution in [3.05, 3.63) is 53.0 Å². The van der Waals surface area contributed by atoms with Crippen LogP contribution in [0, 0.1) is 0 Å². The maximum Gasteiger partial charge on any atom is 0.120 e. The highest BCUT2D eigenvalue weighted by Crippen LogP contribution is 2.18. The van der Waals surface area contributed by atoms with Crippen molar-refractivity contribution in [1.82, 2.24) is 0 Å². The molecule has 0 aliphatic rings. The van der Waals surface area contributed by atoms with Crippen LogP contribution in [0.25, 0.3) is 0 Å². The lowest BCUT2D eigenvalue weighted by Crippen LogP contribution is -2.11. The van der Waals surface area contributed by atoms with Crippen LogP contribution in [-0.4, -0.2) is 19.8 Å². The molecule has 0 atom stereocenters. The largest absolute Gasteiger partial charge is 0.494 e. The van der Waals surface area contributed by atoms with Crippen molar-refractivity contribution in [2.45, 2.75) is 6.92 Å². The summed E-state index contributed by atoms with van der Waals surface area (Å²) in [6.45, 7) is 4.03. The first kappa shape index (κ1) is 14.7. The third kappa shape index (κ3) is 4.78. The highest BCUT2D eigenvalue weighted by molar-refractivity contribution is 9.10. The van der Waals surface area contributed by atoms with Gasteiger partial charge in [0, 0.05) is 16.7 Å². The van der Waals surface area contributed by atoms with E-state index in [9.17, 15) is 0 Å². The standard InChI is InChI=1S/C16H18BrNO2/c1-2-19-15-8-6-14(7-9-15)18-10-11-20-16-5-3-4-13(17)12-16/h3-9,12,18H,2,10-11H2,1H3. The van der Waals surface area contributed by atoms with E-state index in [4.69, 9.17) is 9.47 Å². The Hall–Kier alpha value is -1.68. The van der Waals surface area contributed by atoms with Gasteiger partial charge in [0.25, 0.3) is 0 Å². The first-order chi connectivity index (χ1) is 9.78. The van der Waals surface area contributed by atoms with Crippen LogP contribution in [-0.2, 0) is 0 Å². The van der Waals surface area contributed by atoms with Crippen LogP contribution in [0.2, 0.25) is 0 Å². The third-order valence-corrected chi connectivity index (χ3v) is 3.15. The number of anilines is 1. The Morgan fingerprint density at radius 2 is 1.80 bits per heavy atom. The Morgan fingerprint density at radius 1 is 1.00 bits per heavy atom. The predicted molar refractivity (Wildman–Crippen MR) is 85.7 cm³/mol. The molecule has 3 nitrogen and oxygen atoms in total. The lowest BCUT2D eigenvalue weighted by atomic mass is 10.3. The lowest BCUT2D eigenvalue weighted by Gasteiger charge is -2.09. The number of hydrogen-bond donors (Lipinski definition) is 1. The zero-order valence-corrected chi connectivity index (χ0v) is 13.0. The van der Waals surface area contributed by atoms with Gasteiger partial charge in [-0.3, -0.25) is 0 Å². The Kier molecular flexibility index (Phi) is 5.74. The normalized spacial score (nSPS) is 10.1. The minimum Gasteiger partial charge on any atom is -0.494 e. The van der Waals surface area contributed by atoms with Gasteiger partial charge in [-0.25, -0.2) is 0 Å². The van der Waals surface area contributed by atoms with Gasteiger partial charge in [-0.15, -0.1) is 0 Å². The van der Waals surface area contributed by atoms with E-state index < -0.39 is 0 Å². The van der Waals surface area contributed by atoms with Crippen molar-refractivity contribution in [3.63, 3.8) is 0 Å². The molecule has 0 saturated carbocycles. The summed E-state index contributed by atoms with van der Waals surface area (Å²) in [5.74, 6) is 1.76. The zero-order valence-electron chi connectivity index (χ0n) is 11.4. The quantitative estimate of drug-likeness (QED) is 0.763. The lowest BCUT2D eigenvalue weighted by molar-refractivity contribution is 0.332. The fourth-order valence-electron chi connectivity index (χ4n) is 1.76. The SMILES string of the molecule is CCOc1ccc(NCCOc2cccc(Br)c2)cc1. The van der Waals surface area contributed by atoms with Crippen molar-refractivity contribution < 1.29 is 9.47 Å². The van der Waals surface area contributed by atoms with Gasteiger partial charge >= 0.3 is 0 Å². The highest BCUT2D eigenvalue weighted by atomic mass is 79.9. The monoisotopic (exact) mass is 335 g/mol. The van der Waals surface area contributed by atoms with Crippen LogP contribution >= 0.6 is 15.9 Å². The van der Waals surface area contributed by atoms with Gasteiger partial charge in [-0.2, -0.15) is 0 Å².